The number of fused-ring (bicyclic) bond motifs is 1. The first kappa shape index (κ1) is 19.7. The van der Waals surface area contributed by atoms with Crippen molar-refractivity contribution in [1.82, 2.24) is 4.90 Å². The summed E-state index contributed by atoms with van der Waals surface area (Å²) in [6.07, 6.45) is 0. The van der Waals surface area contributed by atoms with Crippen molar-refractivity contribution in [3.05, 3.63) is 99.0 Å². The number of anilines is 1. The van der Waals surface area contributed by atoms with Gasteiger partial charge in [0.1, 0.15) is 6.54 Å². The molecule has 3 aromatic carbocycles. The van der Waals surface area contributed by atoms with Crippen LogP contribution in [0.2, 0.25) is 5.02 Å². The molecule has 2 amide bonds. The Morgan fingerprint density at radius 3 is 2.34 bits per heavy atom. The van der Waals surface area contributed by atoms with Gasteiger partial charge in [0.25, 0.3) is 5.91 Å². The summed E-state index contributed by atoms with van der Waals surface area (Å²) in [6, 6.07) is 22.4. The van der Waals surface area contributed by atoms with Gasteiger partial charge in [-0.05, 0) is 53.6 Å². The molecule has 0 saturated heterocycles. The van der Waals surface area contributed by atoms with Gasteiger partial charge >= 0.3 is 0 Å². The van der Waals surface area contributed by atoms with Crippen molar-refractivity contribution in [3.8, 4) is 0 Å². The predicted molar refractivity (Wildman–Crippen MR) is 118 cm³/mol. The first-order chi connectivity index (χ1) is 14.0. The molecule has 0 spiro atoms. The highest BCUT2D eigenvalue weighted by molar-refractivity contribution is 9.10. The SMILES string of the molecule is O=C(c1ccc(Cl)cc1)N1CC(=O)N(Cc2ccc(Br)cc2)c2ccccc2C1. The third-order valence-corrected chi connectivity index (χ3v) is 5.68. The molecule has 0 N–H and O–H groups in total. The van der Waals surface area contributed by atoms with E-state index < -0.39 is 0 Å². The molecule has 1 heterocycles. The van der Waals surface area contributed by atoms with Crippen molar-refractivity contribution in [2.24, 2.45) is 0 Å². The van der Waals surface area contributed by atoms with Gasteiger partial charge in [-0.1, -0.05) is 57.9 Å². The lowest BCUT2D eigenvalue weighted by molar-refractivity contribution is -0.119. The van der Waals surface area contributed by atoms with Gasteiger partial charge in [-0.3, -0.25) is 9.59 Å². The molecule has 146 valence electrons. The summed E-state index contributed by atoms with van der Waals surface area (Å²) in [4.78, 5) is 29.5. The molecule has 0 aliphatic carbocycles. The molecule has 1 aliphatic rings. The van der Waals surface area contributed by atoms with E-state index in [0.717, 1.165) is 21.3 Å². The number of carbonyl (C=O) groups excluding carboxylic acids is 2. The molecule has 1 aliphatic heterocycles. The standard InChI is InChI=1S/C23H18BrClN2O2/c24-19-9-5-16(6-10-19)13-27-21-4-2-1-3-18(21)14-26(15-22(27)28)23(29)17-7-11-20(25)12-8-17/h1-12H,13-15H2. The van der Waals surface area contributed by atoms with E-state index in [4.69, 9.17) is 11.6 Å². The van der Waals surface area contributed by atoms with Crippen LogP contribution in [0, 0.1) is 0 Å². The van der Waals surface area contributed by atoms with Gasteiger partial charge in [-0.2, -0.15) is 0 Å². The van der Waals surface area contributed by atoms with Crippen LogP contribution in [-0.2, 0) is 17.9 Å². The van der Waals surface area contributed by atoms with Gasteiger partial charge in [-0.15, -0.1) is 0 Å². The van der Waals surface area contributed by atoms with E-state index >= 15 is 0 Å². The van der Waals surface area contributed by atoms with E-state index in [0.29, 0.717) is 23.7 Å². The second kappa shape index (κ2) is 8.39. The summed E-state index contributed by atoms with van der Waals surface area (Å²) in [6.45, 7) is 0.846. The number of para-hydroxylation sites is 1. The number of hydrogen-bond acceptors (Lipinski definition) is 2. The van der Waals surface area contributed by atoms with Crippen LogP contribution in [0.5, 0.6) is 0 Å². The van der Waals surface area contributed by atoms with Crippen LogP contribution in [-0.4, -0.2) is 23.3 Å². The Hall–Kier alpha value is -2.63. The zero-order valence-corrected chi connectivity index (χ0v) is 17.9. The highest BCUT2D eigenvalue weighted by atomic mass is 79.9. The predicted octanol–water partition coefficient (Wildman–Crippen LogP) is 5.29. The lowest BCUT2D eigenvalue weighted by atomic mass is 10.1. The molecule has 0 atom stereocenters. The number of carbonyl (C=O) groups is 2. The molecule has 4 nitrogen and oxygen atoms in total. The molecule has 0 unspecified atom stereocenters. The Morgan fingerprint density at radius 2 is 1.62 bits per heavy atom. The maximum Gasteiger partial charge on any atom is 0.254 e. The molecule has 29 heavy (non-hydrogen) atoms. The topological polar surface area (TPSA) is 40.6 Å². The average molecular weight is 470 g/mol. The molecule has 6 heteroatoms. The number of benzene rings is 3. The Morgan fingerprint density at radius 1 is 0.931 bits per heavy atom. The van der Waals surface area contributed by atoms with Crippen LogP contribution in [0.3, 0.4) is 0 Å². The van der Waals surface area contributed by atoms with Crippen LogP contribution < -0.4 is 4.90 Å². The number of rotatable bonds is 3. The highest BCUT2D eigenvalue weighted by Gasteiger charge is 2.29. The molecular weight excluding hydrogens is 452 g/mol. The van der Waals surface area contributed by atoms with Crippen molar-refractivity contribution >= 4 is 45.0 Å². The second-order valence-corrected chi connectivity index (χ2v) is 8.26. The monoisotopic (exact) mass is 468 g/mol. The Balaban J connectivity index is 1.65. The molecule has 4 rings (SSSR count). The van der Waals surface area contributed by atoms with E-state index in [2.05, 4.69) is 15.9 Å². The molecule has 0 radical (unpaired) electrons. The smallest absolute Gasteiger partial charge is 0.254 e. The zero-order chi connectivity index (χ0) is 20.4. The van der Waals surface area contributed by atoms with Gasteiger partial charge in [0.15, 0.2) is 0 Å². The van der Waals surface area contributed by atoms with Crippen molar-refractivity contribution in [2.45, 2.75) is 13.1 Å². The highest BCUT2D eigenvalue weighted by Crippen LogP contribution is 2.28. The normalized spacial score (nSPS) is 13.8. The lowest BCUT2D eigenvalue weighted by Gasteiger charge is -2.23. The minimum Gasteiger partial charge on any atom is -0.325 e. The van der Waals surface area contributed by atoms with Crippen LogP contribution >= 0.6 is 27.5 Å². The van der Waals surface area contributed by atoms with E-state index in [9.17, 15) is 9.59 Å². The maximum atomic E-state index is 13.2. The first-order valence-corrected chi connectivity index (χ1v) is 10.4. The number of halogens is 2. The molecule has 0 aromatic heterocycles. The fourth-order valence-electron chi connectivity index (χ4n) is 3.42. The third kappa shape index (κ3) is 4.36. The van der Waals surface area contributed by atoms with E-state index in [1.807, 2.05) is 48.5 Å². The van der Waals surface area contributed by atoms with Crippen LogP contribution in [0.25, 0.3) is 0 Å². The summed E-state index contributed by atoms with van der Waals surface area (Å²) in [5.74, 6) is -0.296. The minimum absolute atomic E-state index is 0.0205. The number of nitrogens with zero attached hydrogens (tertiary/aromatic N) is 2. The summed E-state index contributed by atoms with van der Waals surface area (Å²) in [5, 5.41) is 0.569. The summed E-state index contributed by atoms with van der Waals surface area (Å²) in [7, 11) is 0. The lowest BCUT2D eigenvalue weighted by Crippen LogP contribution is -2.39. The zero-order valence-electron chi connectivity index (χ0n) is 15.5. The molecular formula is C23H18BrClN2O2. The Kier molecular flexibility index (Phi) is 5.69. The van der Waals surface area contributed by atoms with E-state index in [1.54, 1.807) is 34.1 Å². The van der Waals surface area contributed by atoms with Crippen molar-refractivity contribution in [3.63, 3.8) is 0 Å². The third-order valence-electron chi connectivity index (χ3n) is 4.90. The summed E-state index contributed by atoms with van der Waals surface area (Å²) >= 11 is 9.37. The Bertz CT molecular complexity index is 1050. The first-order valence-electron chi connectivity index (χ1n) is 9.19. The average Bonchev–Trinajstić information content (AvgIpc) is 2.86. The molecule has 0 fully saturated rings. The molecule has 0 bridgehead atoms. The van der Waals surface area contributed by atoms with Gasteiger partial charge in [0.05, 0.1) is 6.54 Å². The Labute approximate surface area is 182 Å². The fraction of sp³-hybridized carbons (Fsp3) is 0.130. The van der Waals surface area contributed by atoms with E-state index in [-0.39, 0.29) is 18.4 Å². The summed E-state index contributed by atoms with van der Waals surface area (Å²) in [5.41, 5.74) is 3.32. The van der Waals surface area contributed by atoms with Crippen LogP contribution in [0.1, 0.15) is 21.5 Å². The van der Waals surface area contributed by atoms with E-state index in [1.165, 1.54) is 0 Å². The van der Waals surface area contributed by atoms with Gasteiger partial charge in [-0.25, -0.2) is 0 Å². The minimum atomic E-state index is -0.185. The van der Waals surface area contributed by atoms with Crippen molar-refractivity contribution < 1.29 is 9.59 Å². The van der Waals surface area contributed by atoms with Gasteiger partial charge in [0, 0.05) is 27.3 Å². The van der Waals surface area contributed by atoms with Crippen LogP contribution in [0.4, 0.5) is 5.69 Å². The number of amides is 2. The van der Waals surface area contributed by atoms with Crippen molar-refractivity contribution in [2.75, 3.05) is 11.4 Å². The maximum absolute atomic E-state index is 13.2. The fourth-order valence-corrected chi connectivity index (χ4v) is 3.81. The van der Waals surface area contributed by atoms with Gasteiger partial charge in [0.2, 0.25) is 5.91 Å². The second-order valence-electron chi connectivity index (χ2n) is 6.90. The number of hydrogen-bond donors (Lipinski definition) is 0. The van der Waals surface area contributed by atoms with Crippen molar-refractivity contribution in [1.29, 1.82) is 0 Å². The molecule has 3 aromatic rings. The largest absolute Gasteiger partial charge is 0.325 e. The quantitative estimate of drug-likeness (QED) is 0.523. The van der Waals surface area contributed by atoms with Crippen LogP contribution in [0.15, 0.2) is 77.3 Å². The molecule has 0 saturated carbocycles. The summed E-state index contributed by atoms with van der Waals surface area (Å²) < 4.78 is 0.989. The van der Waals surface area contributed by atoms with Gasteiger partial charge < -0.3 is 9.80 Å².